The maximum atomic E-state index is 12.4. The van der Waals surface area contributed by atoms with Gasteiger partial charge in [-0.2, -0.15) is 0 Å². The van der Waals surface area contributed by atoms with Gasteiger partial charge in [0.2, 0.25) is 0 Å². The lowest BCUT2D eigenvalue weighted by Crippen LogP contribution is -2.36. The minimum atomic E-state index is -0.555. The number of pyridine rings is 1. The molecule has 5 nitrogen and oxygen atoms in total. The van der Waals surface area contributed by atoms with Crippen molar-refractivity contribution in [2.45, 2.75) is 58.6 Å². The number of nitrogens with one attached hydrogen (secondary N) is 1. The van der Waals surface area contributed by atoms with Gasteiger partial charge in [0.05, 0.1) is 0 Å². The van der Waals surface area contributed by atoms with Crippen molar-refractivity contribution in [2.75, 3.05) is 18.0 Å². The van der Waals surface area contributed by atoms with Crippen LogP contribution in [0, 0.1) is 0 Å². The van der Waals surface area contributed by atoms with E-state index in [9.17, 15) is 4.79 Å². The molecule has 0 saturated carbocycles. The van der Waals surface area contributed by atoms with Crippen LogP contribution in [-0.2, 0) is 16.8 Å². The molecule has 1 saturated heterocycles. The highest BCUT2D eigenvalue weighted by atomic mass is 16.5. The monoisotopic (exact) mass is 381 g/mol. The fourth-order valence-corrected chi connectivity index (χ4v) is 3.31. The van der Waals surface area contributed by atoms with Gasteiger partial charge in [-0.15, -0.1) is 0 Å². The molecule has 1 aromatic heterocycles. The number of nitrogens with zero attached hydrogens (tertiary/aromatic N) is 2. The van der Waals surface area contributed by atoms with Gasteiger partial charge in [-0.3, -0.25) is 4.79 Å². The Balaban J connectivity index is 1.52. The van der Waals surface area contributed by atoms with E-state index in [4.69, 9.17) is 4.74 Å². The maximum Gasteiger partial charge on any atom is 0.261 e. The lowest BCUT2D eigenvalue weighted by Gasteiger charge is -2.20. The van der Waals surface area contributed by atoms with Crippen LogP contribution in [-0.4, -0.2) is 30.1 Å². The predicted octanol–water partition coefficient (Wildman–Crippen LogP) is 4.06. The summed E-state index contributed by atoms with van der Waals surface area (Å²) in [7, 11) is 0. The molecule has 5 heteroatoms. The molecule has 2 aromatic rings. The van der Waals surface area contributed by atoms with Crippen LogP contribution in [0.1, 0.15) is 51.7 Å². The minimum absolute atomic E-state index is 0.0972. The first-order valence-electron chi connectivity index (χ1n) is 10.1. The Labute approximate surface area is 168 Å². The Morgan fingerprint density at radius 2 is 1.86 bits per heavy atom. The highest BCUT2D eigenvalue weighted by molar-refractivity contribution is 5.80. The normalized spacial score (nSPS) is 15.4. The summed E-state index contributed by atoms with van der Waals surface area (Å²) in [5.41, 5.74) is 2.38. The van der Waals surface area contributed by atoms with Gasteiger partial charge in [-0.1, -0.05) is 32.9 Å². The van der Waals surface area contributed by atoms with E-state index in [1.165, 1.54) is 18.4 Å². The first kappa shape index (κ1) is 20.2. The lowest BCUT2D eigenvalue weighted by atomic mass is 9.87. The van der Waals surface area contributed by atoms with Gasteiger partial charge in [-0.25, -0.2) is 4.98 Å². The summed E-state index contributed by atoms with van der Waals surface area (Å²) < 4.78 is 5.80. The summed E-state index contributed by atoms with van der Waals surface area (Å²) in [5, 5.41) is 2.96. The molecule has 150 valence electrons. The highest BCUT2D eigenvalue weighted by Gasteiger charge is 2.17. The van der Waals surface area contributed by atoms with Crippen LogP contribution in [0.4, 0.5) is 5.82 Å². The molecule has 1 aromatic carbocycles. The molecule has 1 aliphatic heterocycles. The number of aromatic nitrogens is 1. The van der Waals surface area contributed by atoms with Crippen molar-refractivity contribution in [1.29, 1.82) is 0 Å². The zero-order chi connectivity index (χ0) is 20.1. The summed E-state index contributed by atoms with van der Waals surface area (Å²) in [6, 6.07) is 12.0. The topological polar surface area (TPSA) is 54.5 Å². The van der Waals surface area contributed by atoms with Gasteiger partial charge in [0.15, 0.2) is 6.10 Å². The van der Waals surface area contributed by atoms with Gasteiger partial charge < -0.3 is 15.0 Å². The Morgan fingerprint density at radius 3 is 2.50 bits per heavy atom. The second-order valence-electron chi connectivity index (χ2n) is 8.47. The summed E-state index contributed by atoms with van der Waals surface area (Å²) in [5.74, 6) is 1.57. The van der Waals surface area contributed by atoms with Crippen LogP contribution in [0.2, 0.25) is 0 Å². The number of rotatable bonds is 6. The number of hydrogen-bond acceptors (Lipinski definition) is 4. The Morgan fingerprint density at radius 1 is 1.18 bits per heavy atom. The number of hydrogen-bond donors (Lipinski definition) is 1. The zero-order valence-electron chi connectivity index (χ0n) is 17.4. The van der Waals surface area contributed by atoms with Crippen molar-refractivity contribution in [2.24, 2.45) is 0 Å². The number of anilines is 1. The standard InChI is InChI=1S/C23H31N3O2/c1-17(28-20-9-7-19(8-10-20)23(2,3)4)22(27)25-16-18-11-12-24-21(15-18)26-13-5-6-14-26/h7-12,15,17H,5-6,13-14,16H2,1-4H3,(H,25,27). The molecule has 2 heterocycles. The maximum absolute atomic E-state index is 12.4. The average Bonchev–Trinajstić information content (AvgIpc) is 3.21. The third-order valence-electron chi connectivity index (χ3n) is 5.11. The molecule has 1 amide bonds. The Kier molecular flexibility index (Phi) is 6.22. The molecule has 0 radical (unpaired) electrons. The van der Waals surface area contributed by atoms with Crippen LogP contribution in [0.3, 0.4) is 0 Å². The second kappa shape index (κ2) is 8.63. The van der Waals surface area contributed by atoms with E-state index in [1.807, 2.05) is 24.4 Å². The van der Waals surface area contributed by atoms with Crippen LogP contribution < -0.4 is 15.0 Å². The fourth-order valence-electron chi connectivity index (χ4n) is 3.31. The summed E-state index contributed by atoms with van der Waals surface area (Å²) in [4.78, 5) is 19.2. The molecule has 1 N–H and O–H groups in total. The molecular weight excluding hydrogens is 350 g/mol. The molecule has 28 heavy (non-hydrogen) atoms. The summed E-state index contributed by atoms with van der Waals surface area (Å²) in [6.45, 7) is 10.9. The van der Waals surface area contributed by atoms with Gasteiger partial charge >= 0.3 is 0 Å². The SMILES string of the molecule is CC(Oc1ccc(C(C)(C)C)cc1)C(=O)NCc1ccnc(N2CCCC2)c1. The third kappa shape index (κ3) is 5.24. The van der Waals surface area contributed by atoms with Crippen molar-refractivity contribution in [3.8, 4) is 5.75 Å². The van der Waals surface area contributed by atoms with E-state index in [0.29, 0.717) is 12.3 Å². The highest BCUT2D eigenvalue weighted by Crippen LogP contribution is 2.24. The van der Waals surface area contributed by atoms with E-state index in [1.54, 1.807) is 6.92 Å². The fraction of sp³-hybridized carbons (Fsp3) is 0.478. The lowest BCUT2D eigenvalue weighted by molar-refractivity contribution is -0.127. The van der Waals surface area contributed by atoms with E-state index >= 15 is 0 Å². The van der Waals surface area contributed by atoms with Crippen molar-refractivity contribution >= 4 is 11.7 Å². The molecular formula is C23H31N3O2. The molecule has 0 bridgehead atoms. The van der Waals surface area contributed by atoms with Gasteiger partial charge in [0, 0.05) is 25.8 Å². The third-order valence-corrected chi connectivity index (χ3v) is 5.11. The largest absolute Gasteiger partial charge is 0.481 e. The van der Waals surface area contributed by atoms with Crippen LogP contribution >= 0.6 is 0 Å². The van der Waals surface area contributed by atoms with E-state index in [0.717, 1.165) is 24.5 Å². The Hall–Kier alpha value is -2.56. The predicted molar refractivity (Wildman–Crippen MR) is 113 cm³/mol. The molecule has 0 spiro atoms. The molecule has 3 rings (SSSR count). The average molecular weight is 382 g/mol. The smallest absolute Gasteiger partial charge is 0.261 e. The first-order chi connectivity index (χ1) is 13.3. The van der Waals surface area contributed by atoms with Gasteiger partial charge in [0.1, 0.15) is 11.6 Å². The van der Waals surface area contributed by atoms with Crippen molar-refractivity contribution in [3.05, 3.63) is 53.7 Å². The molecule has 1 atom stereocenters. The molecule has 1 fully saturated rings. The summed E-state index contributed by atoms with van der Waals surface area (Å²) >= 11 is 0. The van der Waals surface area contributed by atoms with E-state index in [2.05, 4.69) is 54.2 Å². The minimum Gasteiger partial charge on any atom is -0.481 e. The number of carbonyl (C=O) groups excluding carboxylic acids is 1. The van der Waals surface area contributed by atoms with Crippen molar-refractivity contribution in [1.82, 2.24) is 10.3 Å². The zero-order valence-corrected chi connectivity index (χ0v) is 17.4. The number of benzene rings is 1. The van der Waals surface area contributed by atoms with E-state index in [-0.39, 0.29) is 11.3 Å². The van der Waals surface area contributed by atoms with Crippen LogP contribution in [0.15, 0.2) is 42.6 Å². The van der Waals surface area contributed by atoms with Crippen LogP contribution in [0.25, 0.3) is 0 Å². The summed E-state index contributed by atoms with van der Waals surface area (Å²) in [6.07, 6.45) is 3.69. The Bertz CT molecular complexity index is 790. The molecule has 1 unspecified atom stereocenters. The van der Waals surface area contributed by atoms with Crippen molar-refractivity contribution < 1.29 is 9.53 Å². The first-order valence-corrected chi connectivity index (χ1v) is 10.1. The number of carbonyl (C=O) groups is 1. The second-order valence-corrected chi connectivity index (χ2v) is 8.47. The molecule has 0 aliphatic carbocycles. The molecule has 1 aliphatic rings. The number of amides is 1. The van der Waals surface area contributed by atoms with Gasteiger partial charge in [0.25, 0.3) is 5.91 Å². The van der Waals surface area contributed by atoms with Gasteiger partial charge in [-0.05, 0) is 60.6 Å². The quantitative estimate of drug-likeness (QED) is 0.820. The van der Waals surface area contributed by atoms with E-state index < -0.39 is 6.10 Å². The van der Waals surface area contributed by atoms with Crippen LogP contribution in [0.5, 0.6) is 5.75 Å². The number of ether oxygens (including phenoxy) is 1. The van der Waals surface area contributed by atoms with Crippen molar-refractivity contribution in [3.63, 3.8) is 0 Å².